The summed E-state index contributed by atoms with van der Waals surface area (Å²) in [4.78, 5) is 10.2. The average molecular weight is 308 g/mol. The first-order valence-corrected chi connectivity index (χ1v) is 7.54. The molecule has 7 nitrogen and oxygen atoms in total. The first kappa shape index (κ1) is 15.7. The van der Waals surface area contributed by atoms with Gasteiger partial charge in [-0.25, -0.2) is 13.1 Å². The third-order valence-electron chi connectivity index (χ3n) is 2.21. The van der Waals surface area contributed by atoms with E-state index in [-0.39, 0.29) is 28.7 Å². The normalized spacial score (nSPS) is 11.3. The molecule has 0 saturated carbocycles. The van der Waals surface area contributed by atoms with Crippen LogP contribution >= 0.6 is 11.6 Å². The molecule has 0 aliphatic carbocycles. The van der Waals surface area contributed by atoms with Crippen molar-refractivity contribution in [1.82, 2.24) is 4.72 Å². The SMILES string of the molecule is CCNS(=O)(=O)CCNc1ccc(Cl)cc1[N+](=O)[O-]. The lowest BCUT2D eigenvalue weighted by Crippen LogP contribution is -2.29. The third-order valence-corrected chi connectivity index (χ3v) is 3.91. The number of nitrogens with zero attached hydrogens (tertiary/aromatic N) is 1. The molecule has 0 spiro atoms. The van der Waals surface area contributed by atoms with Crippen molar-refractivity contribution in [3.63, 3.8) is 0 Å². The van der Waals surface area contributed by atoms with Gasteiger partial charge in [0.15, 0.2) is 0 Å². The second-order valence-corrected chi connectivity index (χ2v) is 6.02. The number of hydrogen-bond donors (Lipinski definition) is 2. The maximum atomic E-state index is 11.4. The van der Waals surface area contributed by atoms with Gasteiger partial charge in [-0.05, 0) is 12.1 Å². The van der Waals surface area contributed by atoms with Gasteiger partial charge in [0.2, 0.25) is 10.0 Å². The Morgan fingerprint density at radius 3 is 2.68 bits per heavy atom. The van der Waals surface area contributed by atoms with Crippen LogP contribution in [0.3, 0.4) is 0 Å². The minimum Gasteiger partial charge on any atom is -0.378 e. The molecule has 0 aromatic heterocycles. The number of halogens is 1. The van der Waals surface area contributed by atoms with Crippen molar-refractivity contribution in [1.29, 1.82) is 0 Å². The van der Waals surface area contributed by atoms with Crippen LogP contribution in [-0.2, 0) is 10.0 Å². The zero-order chi connectivity index (χ0) is 14.5. The fourth-order valence-electron chi connectivity index (χ4n) is 1.42. The van der Waals surface area contributed by atoms with E-state index in [4.69, 9.17) is 11.6 Å². The van der Waals surface area contributed by atoms with E-state index in [1.54, 1.807) is 6.92 Å². The fraction of sp³-hybridized carbons (Fsp3) is 0.400. The summed E-state index contributed by atoms with van der Waals surface area (Å²) in [5.41, 5.74) is 0.0504. The van der Waals surface area contributed by atoms with Crippen LogP contribution in [0, 0.1) is 10.1 Å². The highest BCUT2D eigenvalue weighted by Gasteiger charge is 2.15. The van der Waals surface area contributed by atoms with Crippen molar-refractivity contribution < 1.29 is 13.3 Å². The van der Waals surface area contributed by atoms with Gasteiger partial charge in [-0.1, -0.05) is 18.5 Å². The van der Waals surface area contributed by atoms with Crippen molar-refractivity contribution in [2.24, 2.45) is 0 Å². The average Bonchev–Trinajstić information content (AvgIpc) is 2.30. The summed E-state index contributed by atoms with van der Waals surface area (Å²) in [6.07, 6.45) is 0. The third kappa shape index (κ3) is 5.01. The molecule has 0 amide bonds. The minimum absolute atomic E-state index is 0.0673. The standard InChI is InChI=1S/C10H14ClN3O4S/c1-2-13-19(17,18)6-5-12-9-4-3-8(11)7-10(9)14(15)16/h3-4,7,12-13H,2,5-6H2,1H3. The molecule has 19 heavy (non-hydrogen) atoms. The number of anilines is 1. The summed E-state index contributed by atoms with van der Waals surface area (Å²) in [5.74, 6) is -0.166. The van der Waals surface area contributed by atoms with E-state index in [9.17, 15) is 18.5 Å². The van der Waals surface area contributed by atoms with Gasteiger partial charge in [0.25, 0.3) is 5.69 Å². The predicted octanol–water partition coefficient (Wildman–Crippen LogP) is 1.60. The zero-order valence-corrected chi connectivity index (χ0v) is 11.8. The molecule has 0 aliphatic rings. The van der Waals surface area contributed by atoms with Crippen molar-refractivity contribution in [3.05, 3.63) is 33.3 Å². The van der Waals surface area contributed by atoms with Crippen LogP contribution in [0.4, 0.5) is 11.4 Å². The number of benzene rings is 1. The number of nitro benzene ring substituents is 1. The molecule has 1 aromatic rings. The molecular formula is C10H14ClN3O4S. The Morgan fingerprint density at radius 2 is 2.11 bits per heavy atom. The van der Waals surface area contributed by atoms with Crippen molar-refractivity contribution in [3.8, 4) is 0 Å². The lowest BCUT2D eigenvalue weighted by Gasteiger charge is -2.08. The Hall–Kier alpha value is -1.38. The van der Waals surface area contributed by atoms with Crippen LogP contribution in [-0.4, -0.2) is 32.2 Å². The Labute approximate surface area is 116 Å². The highest BCUT2D eigenvalue weighted by Crippen LogP contribution is 2.27. The summed E-state index contributed by atoms with van der Waals surface area (Å²) in [5, 5.41) is 13.8. The molecule has 0 heterocycles. The molecule has 0 bridgehead atoms. The Balaban J connectivity index is 2.71. The van der Waals surface area contributed by atoms with E-state index in [1.165, 1.54) is 18.2 Å². The highest BCUT2D eigenvalue weighted by atomic mass is 35.5. The van der Waals surface area contributed by atoms with Crippen molar-refractivity contribution in [2.75, 3.05) is 24.2 Å². The van der Waals surface area contributed by atoms with Crippen LogP contribution in [0.5, 0.6) is 0 Å². The number of sulfonamides is 1. The van der Waals surface area contributed by atoms with Gasteiger partial charge < -0.3 is 5.32 Å². The summed E-state index contributed by atoms with van der Waals surface area (Å²) in [6.45, 7) is 2.05. The molecule has 0 unspecified atom stereocenters. The molecule has 0 aliphatic heterocycles. The van der Waals surface area contributed by atoms with Gasteiger partial charge in [-0.15, -0.1) is 0 Å². The largest absolute Gasteiger partial charge is 0.378 e. The van der Waals surface area contributed by atoms with Gasteiger partial charge in [0.1, 0.15) is 5.69 Å². The molecule has 0 atom stereocenters. The minimum atomic E-state index is -3.35. The molecule has 2 N–H and O–H groups in total. The molecule has 1 rings (SSSR count). The van der Waals surface area contributed by atoms with E-state index in [1.807, 2.05) is 0 Å². The van der Waals surface area contributed by atoms with Gasteiger partial charge in [0.05, 0.1) is 10.7 Å². The first-order chi connectivity index (χ1) is 8.85. The molecular weight excluding hydrogens is 294 g/mol. The smallest absolute Gasteiger partial charge is 0.293 e. The molecule has 9 heteroatoms. The summed E-state index contributed by atoms with van der Waals surface area (Å²) in [6, 6.07) is 4.15. The second kappa shape index (κ2) is 6.69. The fourth-order valence-corrected chi connectivity index (χ4v) is 2.54. The van der Waals surface area contributed by atoms with Crippen LogP contribution in [0.2, 0.25) is 5.02 Å². The van der Waals surface area contributed by atoms with E-state index >= 15 is 0 Å². The van der Waals surface area contributed by atoms with Gasteiger partial charge in [-0.3, -0.25) is 10.1 Å². The Kier molecular flexibility index (Phi) is 5.52. The highest BCUT2D eigenvalue weighted by molar-refractivity contribution is 7.89. The number of rotatable bonds is 7. The number of hydrogen-bond acceptors (Lipinski definition) is 5. The van der Waals surface area contributed by atoms with Crippen LogP contribution in [0.25, 0.3) is 0 Å². The zero-order valence-electron chi connectivity index (χ0n) is 10.2. The lowest BCUT2D eigenvalue weighted by molar-refractivity contribution is -0.383. The molecule has 1 aromatic carbocycles. The lowest BCUT2D eigenvalue weighted by atomic mass is 10.2. The second-order valence-electron chi connectivity index (χ2n) is 3.66. The number of nitro groups is 1. The predicted molar refractivity (Wildman–Crippen MR) is 74.1 cm³/mol. The quantitative estimate of drug-likeness (QED) is 0.588. The van der Waals surface area contributed by atoms with Gasteiger partial charge in [-0.2, -0.15) is 0 Å². The van der Waals surface area contributed by atoms with Crippen LogP contribution in [0.1, 0.15) is 6.92 Å². The summed E-state index contributed by atoms with van der Waals surface area (Å²) in [7, 11) is -3.35. The maximum Gasteiger partial charge on any atom is 0.293 e. The van der Waals surface area contributed by atoms with Crippen molar-refractivity contribution >= 4 is 33.0 Å². The molecule has 106 valence electrons. The topological polar surface area (TPSA) is 101 Å². The Morgan fingerprint density at radius 1 is 1.42 bits per heavy atom. The molecule has 0 fully saturated rings. The van der Waals surface area contributed by atoms with E-state index < -0.39 is 14.9 Å². The van der Waals surface area contributed by atoms with Crippen molar-refractivity contribution in [2.45, 2.75) is 6.92 Å². The molecule has 0 radical (unpaired) electrons. The van der Waals surface area contributed by atoms with Gasteiger partial charge >= 0.3 is 0 Å². The van der Waals surface area contributed by atoms with Gasteiger partial charge in [0, 0.05) is 24.2 Å². The van der Waals surface area contributed by atoms with E-state index in [2.05, 4.69) is 10.0 Å². The Bertz CT molecular complexity index is 562. The first-order valence-electron chi connectivity index (χ1n) is 5.51. The van der Waals surface area contributed by atoms with E-state index in [0.717, 1.165) is 0 Å². The maximum absolute atomic E-state index is 11.4. The summed E-state index contributed by atoms with van der Waals surface area (Å²) < 4.78 is 25.1. The number of nitrogens with one attached hydrogen (secondary N) is 2. The van der Waals surface area contributed by atoms with Crippen LogP contribution < -0.4 is 10.0 Å². The van der Waals surface area contributed by atoms with Crippen LogP contribution in [0.15, 0.2) is 18.2 Å². The monoisotopic (exact) mass is 307 g/mol. The van der Waals surface area contributed by atoms with E-state index in [0.29, 0.717) is 6.54 Å². The summed E-state index contributed by atoms with van der Waals surface area (Å²) >= 11 is 5.67. The molecule has 0 saturated heterocycles.